The molecule has 14 heavy (non-hydrogen) atoms. The van der Waals surface area contributed by atoms with Crippen molar-refractivity contribution in [1.29, 1.82) is 0 Å². The van der Waals surface area contributed by atoms with E-state index >= 15 is 0 Å². The van der Waals surface area contributed by atoms with Crippen molar-refractivity contribution in [2.24, 2.45) is 0 Å². The van der Waals surface area contributed by atoms with Crippen LogP contribution in [0.1, 0.15) is 0 Å². The molecule has 0 aromatic rings. The van der Waals surface area contributed by atoms with Crippen LogP contribution in [0.15, 0.2) is 0 Å². The van der Waals surface area contributed by atoms with Gasteiger partial charge >= 0.3 is 0 Å². The minimum absolute atomic E-state index is 0. The molecule has 1 fully saturated rings. The second kappa shape index (κ2) is 7.55. The van der Waals surface area contributed by atoms with Crippen molar-refractivity contribution in [3.8, 4) is 0 Å². The van der Waals surface area contributed by atoms with E-state index in [0.29, 0.717) is 0 Å². The van der Waals surface area contributed by atoms with Gasteiger partial charge in [0.1, 0.15) is 24.4 Å². The normalized spacial score (nSPS) is 42.2. The van der Waals surface area contributed by atoms with Crippen LogP contribution in [0.2, 0.25) is 0 Å². The van der Waals surface area contributed by atoms with Crippen molar-refractivity contribution in [2.75, 3.05) is 6.61 Å². The fourth-order valence-corrected chi connectivity index (χ4v) is 1.08. The molecule has 1 heterocycles. The van der Waals surface area contributed by atoms with Gasteiger partial charge in [0.25, 0.3) is 0 Å². The van der Waals surface area contributed by atoms with Gasteiger partial charge in [-0.05, 0) is 0 Å². The van der Waals surface area contributed by atoms with Crippen LogP contribution < -0.4 is 0 Å². The summed E-state index contributed by atoms with van der Waals surface area (Å²) in [6.45, 7) is -0.526. The van der Waals surface area contributed by atoms with E-state index in [2.05, 4.69) is 4.74 Å². The van der Waals surface area contributed by atoms with Gasteiger partial charge in [-0.15, -0.1) is 0 Å². The Balaban J connectivity index is 0. The Bertz CT molecular complexity index is 157. The summed E-state index contributed by atoms with van der Waals surface area (Å²) in [4.78, 5) is 0. The summed E-state index contributed by atoms with van der Waals surface area (Å²) in [6, 6.07) is 0. The molecule has 8 heteroatoms. The predicted molar refractivity (Wildman–Crippen MR) is 41.7 cm³/mol. The van der Waals surface area contributed by atoms with Crippen LogP contribution in [0.5, 0.6) is 0 Å². The van der Waals surface area contributed by atoms with Gasteiger partial charge in [0.2, 0.25) is 0 Å². The maximum Gasteiger partial charge on any atom is 0.184 e. The SMILES string of the molecule is OC[C@H]1OC(O)[C@H](O)[C@@H](O)[C@@H]1O.[Nb].[Sn]. The molecule has 1 rings (SSSR count). The smallest absolute Gasteiger partial charge is 0.184 e. The van der Waals surface area contributed by atoms with Crippen molar-refractivity contribution in [2.45, 2.75) is 30.7 Å². The van der Waals surface area contributed by atoms with Crippen molar-refractivity contribution in [1.82, 2.24) is 0 Å². The Morgan fingerprint density at radius 3 is 1.86 bits per heavy atom. The van der Waals surface area contributed by atoms with E-state index in [4.69, 9.17) is 25.5 Å². The molecule has 1 aliphatic heterocycles. The first-order chi connectivity index (χ1) is 5.57. The molecule has 0 amide bonds. The van der Waals surface area contributed by atoms with Gasteiger partial charge in [-0.2, -0.15) is 0 Å². The minimum atomic E-state index is -1.57. The zero-order valence-corrected chi connectivity index (χ0v) is 12.2. The Kier molecular flexibility index (Phi) is 9.54. The first kappa shape index (κ1) is 17.7. The number of ether oxygens (including phenoxy) is 1. The zero-order valence-electron chi connectivity index (χ0n) is 7.19. The molecular weight excluding hydrogens is 380 g/mol. The monoisotopic (exact) mass is 393 g/mol. The Morgan fingerprint density at radius 1 is 0.929 bits per heavy atom. The summed E-state index contributed by atoms with van der Waals surface area (Å²) in [6.07, 6.45) is -7.04. The Morgan fingerprint density at radius 2 is 1.43 bits per heavy atom. The molecule has 6 nitrogen and oxygen atoms in total. The van der Waals surface area contributed by atoms with E-state index in [1.165, 1.54) is 0 Å². The van der Waals surface area contributed by atoms with Gasteiger partial charge < -0.3 is 30.3 Å². The summed E-state index contributed by atoms with van der Waals surface area (Å²) in [5, 5.41) is 44.7. The quantitative estimate of drug-likeness (QED) is 0.295. The van der Waals surface area contributed by atoms with E-state index in [-0.39, 0.29) is 46.3 Å². The van der Waals surface area contributed by atoms with Gasteiger partial charge in [-0.1, -0.05) is 0 Å². The van der Waals surface area contributed by atoms with E-state index in [1.54, 1.807) is 0 Å². The van der Waals surface area contributed by atoms with Crippen molar-refractivity contribution in [3.63, 3.8) is 0 Å². The third-order valence-electron chi connectivity index (χ3n) is 1.87. The van der Waals surface area contributed by atoms with Crippen LogP contribution in [0.4, 0.5) is 0 Å². The standard InChI is InChI=1S/C6H12O6.Nb.Sn/c7-1-2-3(8)4(9)5(10)6(11)12-2;;/h2-11H,1H2;;/t2-,3-,4+,5-,6?;;/m1../s1. The van der Waals surface area contributed by atoms with Crippen molar-refractivity contribution < 1.29 is 52.6 Å². The third-order valence-corrected chi connectivity index (χ3v) is 1.87. The largest absolute Gasteiger partial charge is 0.394 e. The average Bonchev–Trinajstić information content (AvgIpc) is 2.08. The van der Waals surface area contributed by atoms with Crippen LogP contribution in [0, 0.1) is 0 Å². The molecule has 5 atom stereocenters. The van der Waals surface area contributed by atoms with E-state index in [0.717, 1.165) is 0 Å². The predicted octanol–water partition coefficient (Wildman–Crippen LogP) is -3.60. The molecule has 5 N–H and O–H groups in total. The van der Waals surface area contributed by atoms with Gasteiger partial charge in [0, 0.05) is 46.3 Å². The summed E-state index contributed by atoms with van der Waals surface area (Å²) in [5.41, 5.74) is 0. The van der Waals surface area contributed by atoms with E-state index in [1.807, 2.05) is 0 Å². The molecule has 5 radical (unpaired) electrons. The minimum Gasteiger partial charge on any atom is -0.394 e. The van der Waals surface area contributed by atoms with Crippen molar-refractivity contribution >= 4 is 23.9 Å². The number of rotatable bonds is 1. The molecule has 0 aliphatic carbocycles. The molecule has 1 saturated heterocycles. The topological polar surface area (TPSA) is 110 Å². The van der Waals surface area contributed by atoms with Gasteiger partial charge in [0.05, 0.1) is 6.61 Å². The first-order valence-corrected chi connectivity index (χ1v) is 3.56. The summed E-state index contributed by atoms with van der Waals surface area (Å²) >= 11 is 0. The molecule has 1 aliphatic rings. The van der Waals surface area contributed by atoms with Gasteiger partial charge in [-0.25, -0.2) is 0 Å². The molecule has 0 bridgehead atoms. The maximum absolute atomic E-state index is 9.12. The van der Waals surface area contributed by atoms with Crippen LogP contribution >= 0.6 is 0 Å². The number of aliphatic hydroxyl groups is 5. The molecule has 1 unspecified atom stereocenters. The van der Waals surface area contributed by atoms with Gasteiger partial charge in [-0.3, -0.25) is 0 Å². The van der Waals surface area contributed by atoms with Crippen LogP contribution in [-0.4, -0.2) is 86.8 Å². The van der Waals surface area contributed by atoms with Crippen molar-refractivity contribution in [3.05, 3.63) is 0 Å². The molecule has 81 valence electrons. The number of aliphatic hydroxyl groups excluding tert-OH is 5. The maximum atomic E-state index is 9.12. The van der Waals surface area contributed by atoms with Crippen LogP contribution in [0.3, 0.4) is 0 Å². The first-order valence-electron chi connectivity index (χ1n) is 3.56. The Hall–Kier alpha value is 1.30. The number of hydrogen-bond acceptors (Lipinski definition) is 6. The molecule has 0 saturated carbocycles. The molecule has 0 spiro atoms. The van der Waals surface area contributed by atoms with Gasteiger partial charge in [0.15, 0.2) is 6.29 Å². The second-order valence-electron chi connectivity index (χ2n) is 2.72. The fraction of sp³-hybridized carbons (Fsp3) is 1.00. The van der Waals surface area contributed by atoms with Crippen LogP contribution in [-0.2, 0) is 27.1 Å². The molecule has 0 aromatic carbocycles. The molecule has 0 aromatic heterocycles. The van der Waals surface area contributed by atoms with E-state index in [9.17, 15) is 0 Å². The Labute approximate surface area is 113 Å². The summed E-state index contributed by atoms with van der Waals surface area (Å²) in [7, 11) is 0. The van der Waals surface area contributed by atoms with Crippen LogP contribution in [0.25, 0.3) is 0 Å². The second-order valence-corrected chi connectivity index (χ2v) is 2.72. The zero-order chi connectivity index (χ0) is 9.30. The summed E-state index contributed by atoms with van der Waals surface area (Å²) in [5.74, 6) is 0. The summed E-state index contributed by atoms with van der Waals surface area (Å²) < 4.78 is 4.58. The third kappa shape index (κ3) is 3.71. The fourth-order valence-electron chi connectivity index (χ4n) is 1.08. The number of hydrogen-bond donors (Lipinski definition) is 5. The average molecular weight is 392 g/mol. The van der Waals surface area contributed by atoms with E-state index < -0.39 is 37.3 Å². The molecular formula is C6H12NbO6Sn.